The molecule has 42 heavy (non-hydrogen) atoms. The van der Waals surface area contributed by atoms with Crippen LogP contribution >= 0.6 is 0 Å². The van der Waals surface area contributed by atoms with Crippen LogP contribution in [0.3, 0.4) is 0 Å². The maximum absolute atomic E-state index is 13.2. The van der Waals surface area contributed by atoms with Gasteiger partial charge in [-0.1, -0.05) is 32.9 Å². The number of anilines is 1. The molecule has 0 bridgehead atoms. The van der Waals surface area contributed by atoms with Crippen LogP contribution in [0.25, 0.3) is 0 Å². The van der Waals surface area contributed by atoms with Crippen LogP contribution < -0.4 is 27.0 Å². The predicted molar refractivity (Wildman–Crippen MR) is 155 cm³/mol. The number of carbonyl (C=O) groups is 6. The predicted octanol–water partition coefficient (Wildman–Crippen LogP) is 1.63. The van der Waals surface area contributed by atoms with Crippen molar-refractivity contribution in [1.29, 1.82) is 0 Å². The van der Waals surface area contributed by atoms with Crippen molar-refractivity contribution < 1.29 is 38.2 Å². The number of urea groups is 1. The minimum Gasteiger partial charge on any atom is -0.464 e. The van der Waals surface area contributed by atoms with E-state index in [1.165, 1.54) is 18.9 Å². The molecule has 0 aliphatic rings. The molecule has 0 saturated heterocycles. The number of amides is 6. The molecule has 0 unspecified atom stereocenters. The van der Waals surface area contributed by atoms with Crippen LogP contribution in [0, 0.1) is 5.92 Å². The Balaban J connectivity index is 2.82. The molecule has 0 saturated carbocycles. The number of carbonyl (C=O) groups excluding carboxylic acids is 6. The Hall–Kier alpha value is -4.36. The van der Waals surface area contributed by atoms with Crippen LogP contribution in [0.4, 0.5) is 15.3 Å². The molecule has 0 heterocycles. The largest absolute Gasteiger partial charge is 0.464 e. The summed E-state index contributed by atoms with van der Waals surface area (Å²) < 4.78 is 10.1. The van der Waals surface area contributed by atoms with Crippen LogP contribution in [-0.4, -0.2) is 79.5 Å². The number of primary amides is 1. The molecule has 0 aliphatic carbocycles. The van der Waals surface area contributed by atoms with Gasteiger partial charge in [0.15, 0.2) is 0 Å². The SMILES string of the molecule is CCCC(=O)N[C@H](C(=O)N[C@@H](CCCNC(N)=O)C(=O)Nc1ccc(COC(=O)N(C)CCOC(C)=O)cc1)C(C)C. The first-order valence-corrected chi connectivity index (χ1v) is 13.9. The maximum atomic E-state index is 13.2. The Morgan fingerprint density at radius 3 is 2.21 bits per heavy atom. The fourth-order valence-corrected chi connectivity index (χ4v) is 3.64. The summed E-state index contributed by atoms with van der Waals surface area (Å²) in [5.41, 5.74) is 6.22. The fraction of sp³-hybridized carbons (Fsp3) is 0.571. The van der Waals surface area contributed by atoms with Crippen LogP contribution in [0.5, 0.6) is 0 Å². The molecular weight excluding hydrogens is 548 g/mol. The van der Waals surface area contributed by atoms with Gasteiger partial charge in [-0.25, -0.2) is 9.59 Å². The number of benzene rings is 1. The lowest BCUT2D eigenvalue weighted by atomic mass is 10.0. The zero-order valence-electron chi connectivity index (χ0n) is 25.0. The molecule has 1 aromatic rings. The van der Waals surface area contributed by atoms with Gasteiger partial charge in [-0.2, -0.15) is 0 Å². The summed E-state index contributed by atoms with van der Waals surface area (Å²) in [6.07, 6.45) is 0.877. The van der Waals surface area contributed by atoms with Crippen molar-refractivity contribution in [3.05, 3.63) is 29.8 Å². The van der Waals surface area contributed by atoms with E-state index in [1.54, 1.807) is 38.1 Å². The van der Waals surface area contributed by atoms with Crippen molar-refractivity contribution in [2.24, 2.45) is 11.7 Å². The average molecular weight is 593 g/mol. The number of nitrogens with one attached hydrogen (secondary N) is 4. The molecule has 6 amide bonds. The molecule has 1 aromatic carbocycles. The molecule has 0 spiro atoms. The third-order valence-electron chi connectivity index (χ3n) is 5.97. The van der Waals surface area contributed by atoms with Gasteiger partial charge in [-0.3, -0.25) is 19.2 Å². The molecule has 0 fully saturated rings. The van der Waals surface area contributed by atoms with E-state index < -0.39 is 42.0 Å². The number of esters is 1. The number of hydrogen-bond acceptors (Lipinski definition) is 8. The highest BCUT2D eigenvalue weighted by Crippen LogP contribution is 2.13. The van der Waals surface area contributed by atoms with Gasteiger partial charge >= 0.3 is 18.1 Å². The third kappa shape index (κ3) is 14.3. The molecule has 0 aliphatic heterocycles. The fourth-order valence-electron chi connectivity index (χ4n) is 3.64. The van der Waals surface area contributed by atoms with Crippen LogP contribution in [0.15, 0.2) is 24.3 Å². The monoisotopic (exact) mass is 592 g/mol. The van der Waals surface area contributed by atoms with Gasteiger partial charge in [0, 0.05) is 32.6 Å². The standard InChI is InChI=1S/C28H44N6O8/c1-6-8-23(36)33-24(18(2)3)26(38)32-22(9-7-14-30-27(29)39)25(37)31-21-12-10-20(11-13-21)17-42-28(40)34(5)15-16-41-19(4)35/h10-13,18,22,24H,6-9,14-17H2,1-5H3,(H,31,37)(H,32,38)(H,33,36)(H3,29,30,39)/t22-,24-/m0/s1. The van der Waals surface area contributed by atoms with Gasteiger partial charge in [0.2, 0.25) is 17.7 Å². The second-order valence-electron chi connectivity index (χ2n) is 10.0. The Kier molecular flexibility index (Phi) is 16.0. The van der Waals surface area contributed by atoms with Gasteiger partial charge in [0.1, 0.15) is 25.3 Å². The van der Waals surface area contributed by atoms with Crippen molar-refractivity contribution in [2.45, 2.75) is 72.1 Å². The summed E-state index contributed by atoms with van der Waals surface area (Å²) in [5.74, 6) is -1.89. The molecular formula is C28H44N6O8. The number of rotatable bonds is 17. The van der Waals surface area contributed by atoms with Crippen molar-refractivity contribution in [3.63, 3.8) is 0 Å². The molecule has 6 N–H and O–H groups in total. The zero-order valence-corrected chi connectivity index (χ0v) is 25.0. The first-order chi connectivity index (χ1) is 19.8. The van der Waals surface area contributed by atoms with Gasteiger partial charge < -0.3 is 41.4 Å². The summed E-state index contributed by atoms with van der Waals surface area (Å²) >= 11 is 0. The van der Waals surface area contributed by atoms with E-state index >= 15 is 0 Å². The molecule has 1 rings (SSSR count). The van der Waals surface area contributed by atoms with E-state index in [9.17, 15) is 28.8 Å². The Morgan fingerprint density at radius 1 is 0.976 bits per heavy atom. The molecule has 14 nitrogen and oxygen atoms in total. The van der Waals surface area contributed by atoms with E-state index in [2.05, 4.69) is 21.3 Å². The van der Waals surface area contributed by atoms with E-state index in [4.69, 9.17) is 15.2 Å². The van der Waals surface area contributed by atoms with Crippen molar-refractivity contribution in [1.82, 2.24) is 20.9 Å². The summed E-state index contributed by atoms with van der Waals surface area (Å²) in [6, 6.07) is 4.11. The highest BCUT2D eigenvalue weighted by Gasteiger charge is 2.28. The van der Waals surface area contributed by atoms with E-state index in [-0.39, 0.29) is 51.0 Å². The van der Waals surface area contributed by atoms with Crippen molar-refractivity contribution >= 4 is 41.5 Å². The van der Waals surface area contributed by atoms with E-state index in [1.807, 2.05) is 6.92 Å². The molecule has 0 radical (unpaired) electrons. The number of nitrogens with zero attached hydrogens (tertiary/aromatic N) is 1. The molecule has 234 valence electrons. The van der Waals surface area contributed by atoms with Crippen LogP contribution in [0.1, 0.15) is 58.9 Å². The van der Waals surface area contributed by atoms with Crippen LogP contribution in [-0.2, 0) is 35.3 Å². The highest BCUT2D eigenvalue weighted by molar-refractivity contribution is 5.98. The first-order valence-electron chi connectivity index (χ1n) is 13.9. The Bertz CT molecular complexity index is 1060. The second kappa shape index (κ2) is 18.9. The lowest BCUT2D eigenvalue weighted by Crippen LogP contribution is -2.54. The number of hydrogen-bond donors (Lipinski definition) is 5. The Labute approximate surface area is 246 Å². The average Bonchev–Trinajstić information content (AvgIpc) is 2.92. The second-order valence-corrected chi connectivity index (χ2v) is 10.0. The summed E-state index contributed by atoms with van der Waals surface area (Å²) in [7, 11) is 1.52. The van der Waals surface area contributed by atoms with Crippen molar-refractivity contribution in [3.8, 4) is 0 Å². The lowest BCUT2D eigenvalue weighted by molar-refractivity contribution is -0.141. The van der Waals surface area contributed by atoms with Crippen molar-refractivity contribution in [2.75, 3.05) is 32.1 Å². The number of likely N-dealkylation sites (N-methyl/N-ethyl adjacent to an activating group) is 1. The molecule has 2 atom stereocenters. The third-order valence-corrected chi connectivity index (χ3v) is 5.97. The lowest BCUT2D eigenvalue weighted by Gasteiger charge is -2.25. The summed E-state index contributed by atoms with van der Waals surface area (Å²) in [4.78, 5) is 73.6. The van der Waals surface area contributed by atoms with Crippen LogP contribution in [0.2, 0.25) is 0 Å². The molecule has 14 heteroatoms. The quantitative estimate of drug-likeness (QED) is 0.133. The summed E-state index contributed by atoms with van der Waals surface area (Å²) in [6.45, 7) is 7.16. The normalized spacial score (nSPS) is 12.0. The first kappa shape index (κ1) is 35.7. The Morgan fingerprint density at radius 2 is 1.64 bits per heavy atom. The van der Waals surface area contributed by atoms with E-state index in [0.29, 0.717) is 24.1 Å². The maximum Gasteiger partial charge on any atom is 0.409 e. The minimum atomic E-state index is -0.959. The topological polar surface area (TPSA) is 198 Å². The van der Waals surface area contributed by atoms with Gasteiger partial charge in [-0.15, -0.1) is 0 Å². The van der Waals surface area contributed by atoms with Gasteiger partial charge in [0.25, 0.3) is 0 Å². The number of ether oxygens (including phenoxy) is 2. The number of nitrogens with two attached hydrogens (primary N) is 1. The summed E-state index contributed by atoms with van der Waals surface area (Å²) in [5, 5.41) is 10.7. The minimum absolute atomic E-state index is 0.0170. The van der Waals surface area contributed by atoms with Gasteiger partial charge in [-0.05, 0) is 42.9 Å². The highest BCUT2D eigenvalue weighted by atomic mass is 16.6. The smallest absolute Gasteiger partial charge is 0.409 e. The van der Waals surface area contributed by atoms with Gasteiger partial charge in [0.05, 0.1) is 6.54 Å². The zero-order chi connectivity index (χ0) is 31.7. The van der Waals surface area contributed by atoms with E-state index in [0.717, 1.165) is 0 Å². The molecule has 0 aromatic heterocycles.